The third kappa shape index (κ3) is 2.77. The summed E-state index contributed by atoms with van der Waals surface area (Å²) < 4.78 is 31.8. The molecule has 2 heterocycles. The van der Waals surface area contributed by atoms with Gasteiger partial charge in [-0.3, -0.25) is 4.90 Å². The molecule has 1 fully saturated rings. The number of halogens is 2. The van der Waals surface area contributed by atoms with E-state index in [9.17, 15) is 8.78 Å². The molecule has 0 bridgehead atoms. The van der Waals surface area contributed by atoms with Crippen LogP contribution < -0.4 is 0 Å². The van der Waals surface area contributed by atoms with Gasteiger partial charge >= 0.3 is 0 Å². The Morgan fingerprint density at radius 3 is 2.86 bits per heavy atom. The van der Waals surface area contributed by atoms with Crippen molar-refractivity contribution in [2.45, 2.75) is 45.7 Å². The highest BCUT2D eigenvalue weighted by Crippen LogP contribution is 2.36. The summed E-state index contributed by atoms with van der Waals surface area (Å²) in [6.07, 6.45) is 2.94. The molecule has 0 unspecified atom stereocenters. The largest absolute Gasteiger partial charge is 0.361 e. The van der Waals surface area contributed by atoms with Crippen LogP contribution in [0.2, 0.25) is 0 Å². The van der Waals surface area contributed by atoms with E-state index >= 15 is 0 Å². The SMILES string of the molecule is CCc1onc(C)c1[C@H]1CCCN1Cc1ccc(F)c(F)c1. The summed E-state index contributed by atoms with van der Waals surface area (Å²) in [5, 5.41) is 4.09. The Morgan fingerprint density at radius 1 is 1.32 bits per heavy atom. The zero-order chi connectivity index (χ0) is 15.7. The summed E-state index contributed by atoms with van der Waals surface area (Å²) in [6, 6.07) is 4.37. The maximum atomic E-state index is 13.4. The molecule has 0 amide bonds. The van der Waals surface area contributed by atoms with E-state index < -0.39 is 11.6 Å². The Balaban J connectivity index is 1.84. The van der Waals surface area contributed by atoms with Crippen molar-refractivity contribution in [1.29, 1.82) is 0 Å². The summed E-state index contributed by atoms with van der Waals surface area (Å²) in [7, 11) is 0. The molecular formula is C17H20F2N2O. The van der Waals surface area contributed by atoms with Crippen LogP contribution in [0.15, 0.2) is 22.7 Å². The second kappa shape index (κ2) is 6.16. The molecule has 0 N–H and O–H groups in total. The van der Waals surface area contributed by atoms with E-state index in [-0.39, 0.29) is 6.04 Å². The van der Waals surface area contributed by atoms with E-state index in [0.717, 1.165) is 42.8 Å². The lowest BCUT2D eigenvalue weighted by atomic mass is 10.0. The number of aromatic nitrogens is 1. The molecule has 3 rings (SSSR count). The van der Waals surface area contributed by atoms with Crippen LogP contribution in [-0.2, 0) is 13.0 Å². The van der Waals surface area contributed by atoms with Gasteiger partial charge in [0.1, 0.15) is 5.76 Å². The average Bonchev–Trinajstić information content (AvgIpc) is 3.09. The monoisotopic (exact) mass is 306 g/mol. The molecule has 0 radical (unpaired) electrons. The highest BCUT2D eigenvalue weighted by molar-refractivity contribution is 5.28. The highest BCUT2D eigenvalue weighted by atomic mass is 19.2. The first kappa shape index (κ1) is 15.2. The minimum Gasteiger partial charge on any atom is -0.361 e. The second-order valence-electron chi connectivity index (χ2n) is 5.84. The predicted octanol–water partition coefficient (Wildman–Crippen LogP) is 4.16. The maximum absolute atomic E-state index is 13.4. The van der Waals surface area contributed by atoms with Crippen LogP contribution >= 0.6 is 0 Å². The van der Waals surface area contributed by atoms with Gasteiger partial charge in [0.05, 0.1) is 5.69 Å². The molecule has 1 aliphatic heterocycles. The van der Waals surface area contributed by atoms with Crippen LogP contribution in [0.25, 0.3) is 0 Å². The molecule has 22 heavy (non-hydrogen) atoms. The molecule has 0 aliphatic carbocycles. The Hall–Kier alpha value is -1.75. The van der Waals surface area contributed by atoms with Gasteiger partial charge in [-0.1, -0.05) is 18.1 Å². The predicted molar refractivity (Wildman–Crippen MR) is 79.4 cm³/mol. The maximum Gasteiger partial charge on any atom is 0.159 e. The van der Waals surface area contributed by atoms with Crippen molar-refractivity contribution in [3.05, 3.63) is 52.4 Å². The third-order valence-electron chi connectivity index (χ3n) is 4.37. The lowest BCUT2D eigenvalue weighted by Crippen LogP contribution is -2.23. The van der Waals surface area contributed by atoms with Crippen molar-refractivity contribution in [2.24, 2.45) is 0 Å². The van der Waals surface area contributed by atoms with Gasteiger partial charge in [0, 0.05) is 24.6 Å². The fourth-order valence-electron chi connectivity index (χ4n) is 3.32. The number of benzene rings is 1. The molecular weight excluding hydrogens is 286 g/mol. The number of nitrogens with zero attached hydrogens (tertiary/aromatic N) is 2. The first-order valence-corrected chi connectivity index (χ1v) is 7.73. The molecule has 3 nitrogen and oxygen atoms in total. The van der Waals surface area contributed by atoms with Gasteiger partial charge < -0.3 is 4.52 Å². The second-order valence-corrected chi connectivity index (χ2v) is 5.84. The zero-order valence-corrected chi connectivity index (χ0v) is 12.9. The Morgan fingerprint density at radius 2 is 2.14 bits per heavy atom. The molecule has 2 aromatic rings. The van der Waals surface area contributed by atoms with Gasteiger partial charge in [0.25, 0.3) is 0 Å². The van der Waals surface area contributed by atoms with Gasteiger partial charge in [0.2, 0.25) is 0 Å². The number of hydrogen-bond donors (Lipinski definition) is 0. The average molecular weight is 306 g/mol. The van der Waals surface area contributed by atoms with Gasteiger partial charge in [-0.15, -0.1) is 0 Å². The van der Waals surface area contributed by atoms with Crippen LogP contribution in [0, 0.1) is 18.6 Å². The topological polar surface area (TPSA) is 29.3 Å². The van der Waals surface area contributed by atoms with Crippen LogP contribution in [0.1, 0.15) is 48.4 Å². The van der Waals surface area contributed by atoms with Gasteiger partial charge in [0.15, 0.2) is 11.6 Å². The normalized spacial score (nSPS) is 19.0. The van der Waals surface area contributed by atoms with Crippen molar-refractivity contribution in [3.63, 3.8) is 0 Å². The van der Waals surface area contributed by atoms with E-state index in [0.29, 0.717) is 6.54 Å². The summed E-state index contributed by atoms with van der Waals surface area (Å²) in [5.41, 5.74) is 2.89. The molecule has 1 aliphatic rings. The van der Waals surface area contributed by atoms with Crippen LogP contribution in [0.5, 0.6) is 0 Å². The molecule has 1 aromatic carbocycles. The van der Waals surface area contributed by atoms with Crippen molar-refractivity contribution in [1.82, 2.24) is 10.1 Å². The quantitative estimate of drug-likeness (QED) is 0.849. The fourth-order valence-corrected chi connectivity index (χ4v) is 3.32. The van der Waals surface area contributed by atoms with E-state index in [1.54, 1.807) is 6.07 Å². The number of rotatable bonds is 4. The lowest BCUT2D eigenvalue weighted by molar-refractivity contribution is 0.244. The highest BCUT2D eigenvalue weighted by Gasteiger charge is 2.31. The molecule has 5 heteroatoms. The Kier molecular flexibility index (Phi) is 4.25. The zero-order valence-electron chi connectivity index (χ0n) is 12.9. The van der Waals surface area contributed by atoms with Gasteiger partial charge in [-0.05, 0) is 44.0 Å². The Labute approximate surface area is 128 Å². The summed E-state index contributed by atoms with van der Waals surface area (Å²) in [6.45, 7) is 5.57. The molecule has 1 atom stereocenters. The summed E-state index contributed by atoms with van der Waals surface area (Å²) >= 11 is 0. The number of aryl methyl sites for hydroxylation is 2. The van der Waals surface area contributed by atoms with Crippen molar-refractivity contribution < 1.29 is 13.3 Å². The molecule has 0 saturated carbocycles. The van der Waals surface area contributed by atoms with Crippen molar-refractivity contribution >= 4 is 0 Å². The lowest BCUT2D eigenvalue weighted by Gasteiger charge is -2.24. The minimum atomic E-state index is -0.801. The Bertz CT molecular complexity index is 669. The van der Waals surface area contributed by atoms with Crippen molar-refractivity contribution in [3.8, 4) is 0 Å². The van der Waals surface area contributed by atoms with E-state index in [4.69, 9.17) is 4.52 Å². The number of hydrogen-bond acceptors (Lipinski definition) is 3. The molecule has 0 spiro atoms. The van der Waals surface area contributed by atoms with Crippen LogP contribution in [0.3, 0.4) is 0 Å². The third-order valence-corrected chi connectivity index (χ3v) is 4.37. The van der Waals surface area contributed by atoms with Crippen molar-refractivity contribution in [2.75, 3.05) is 6.54 Å². The van der Waals surface area contributed by atoms with Crippen LogP contribution in [-0.4, -0.2) is 16.6 Å². The standard InChI is InChI=1S/C17H20F2N2O/c1-3-16-17(11(2)20-22-16)15-5-4-8-21(15)10-12-6-7-13(18)14(19)9-12/h6-7,9,15H,3-5,8,10H2,1-2H3/t15-/m1/s1. The summed E-state index contributed by atoms with van der Waals surface area (Å²) in [4.78, 5) is 2.30. The molecule has 1 saturated heterocycles. The van der Waals surface area contributed by atoms with E-state index in [2.05, 4.69) is 17.0 Å². The van der Waals surface area contributed by atoms with Gasteiger partial charge in [-0.25, -0.2) is 8.78 Å². The minimum absolute atomic E-state index is 0.245. The molecule has 118 valence electrons. The number of likely N-dealkylation sites (tertiary alicyclic amines) is 1. The van der Waals surface area contributed by atoms with Gasteiger partial charge in [-0.2, -0.15) is 0 Å². The first-order valence-electron chi connectivity index (χ1n) is 7.73. The first-order chi connectivity index (χ1) is 10.6. The smallest absolute Gasteiger partial charge is 0.159 e. The summed E-state index contributed by atoms with van der Waals surface area (Å²) in [5.74, 6) is -0.659. The van der Waals surface area contributed by atoms with E-state index in [1.165, 1.54) is 17.7 Å². The van der Waals surface area contributed by atoms with Crippen LogP contribution in [0.4, 0.5) is 8.78 Å². The van der Waals surface area contributed by atoms with E-state index in [1.807, 2.05) is 6.92 Å². The fraction of sp³-hybridized carbons (Fsp3) is 0.471. The molecule has 1 aromatic heterocycles.